The lowest BCUT2D eigenvalue weighted by molar-refractivity contribution is 0.849. The molecule has 0 fully saturated rings. The van der Waals surface area contributed by atoms with Crippen LogP contribution in [0.3, 0.4) is 0 Å². The number of hydrogen-bond acceptors (Lipinski definition) is 3. The van der Waals surface area contributed by atoms with Crippen molar-refractivity contribution in [2.24, 2.45) is 4.99 Å². The van der Waals surface area contributed by atoms with Gasteiger partial charge in [-0.05, 0) is 49.9 Å². The number of rotatable bonds is 5. The third-order valence-electron chi connectivity index (χ3n) is 5.52. The van der Waals surface area contributed by atoms with E-state index >= 15 is 0 Å². The van der Waals surface area contributed by atoms with E-state index < -0.39 is 0 Å². The minimum absolute atomic E-state index is 0.223. The Balaban J connectivity index is 1.76. The van der Waals surface area contributed by atoms with Crippen molar-refractivity contribution in [2.75, 3.05) is 11.1 Å². The minimum atomic E-state index is 0.223. The molecular formula is C27H28N2S. The summed E-state index contributed by atoms with van der Waals surface area (Å²) < 4.78 is 0. The van der Waals surface area contributed by atoms with Gasteiger partial charge in [0, 0.05) is 17.0 Å². The van der Waals surface area contributed by atoms with E-state index in [-0.39, 0.29) is 6.04 Å². The average molecular weight is 413 g/mol. The van der Waals surface area contributed by atoms with Gasteiger partial charge in [-0.3, -0.25) is 4.99 Å². The van der Waals surface area contributed by atoms with Crippen LogP contribution in [0.5, 0.6) is 0 Å². The Bertz CT molecular complexity index is 1080. The van der Waals surface area contributed by atoms with Crippen molar-refractivity contribution >= 4 is 28.2 Å². The van der Waals surface area contributed by atoms with E-state index in [2.05, 4.69) is 106 Å². The molecule has 3 heteroatoms. The zero-order chi connectivity index (χ0) is 21.1. The summed E-state index contributed by atoms with van der Waals surface area (Å²) in [5.41, 5.74) is 9.79. The fourth-order valence-electron chi connectivity index (χ4n) is 4.02. The number of nitrogens with zero attached hydrogens (tertiary/aromatic N) is 1. The molecule has 1 N–H and O–H groups in total. The molecule has 0 saturated carbocycles. The van der Waals surface area contributed by atoms with Crippen molar-refractivity contribution in [3.8, 4) is 0 Å². The number of nitrogens with one attached hydrogen (secondary N) is 1. The molecule has 0 aromatic heterocycles. The van der Waals surface area contributed by atoms with Crippen LogP contribution in [0.2, 0.25) is 0 Å². The number of aliphatic imine (C=N–C) groups is 1. The van der Waals surface area contributed by atoms with Gasteiger partial charge < -0.3 is 5.32 Å². The molecule has 1 atom stereocenters. The van der Waals surface area contributed by atoms with Crippen LogP contribution in [0.1, 0.15) is 40.8 Å². The van der Waals surface area contributed by atoms with Crippen LogP contribution in [0.4, 0.5) is 5.69 Å². The minimum Gasteiger partial charge on any atom is -0.354 e. The smallest absolute Gasteiger partial charge is 0.0963 e. The van der Waals surface area contributed by atoms with E-state index in [4.69, 9.17) is 4.99 Å². The fourth-order valence-corrected chi connectivity index (χ4v) is 5.12. The topological polar surface area (TPSA) is 24.4 Å². The third-order valence-corrected chi connectivity index (χ3v) is 6.69. The van der Waals surface area contributed by atoms with Gasteiger partial charge in [0.25, 0.3) is 0 Å². The molecule has 1 heterocycles. The second kappa shape index (κ2) is 8.93. The van der Waals surface area contributed by atoms with Gasteiger partial charge in [0.2, 0.25) is 0 Å². The van der Waals surface area contributed by atoms with Gasteiger partial charge in [-0.1, -0.05) is 78.4 Å². The van der Waals surface area contributed by atoms with Gasteiger partial charge in [-0.25, -0.2) is 0 Å². The lowest BCUT2D eigenvalue weighted by Gasteiger charge is -2.19. The molecular weight excluding hydrogens is 384 g/mol. The standard InChI is InChI=1S/C27H28N2S/c1-18-15-19(2)25(20(3)16-18)29-26(23-13-9-6-10-14-23)21(4)27-28-24(17-30-27)22-11-7-5-8-12-22/h5-16,24,29H,17H2,1-4H3. The van der Waals surface area contributed by atoms with Crippen molar-refractivity contribution in [1.82, 2.24) is 0 Å². The molecule has 3 aromatic carbocycles. The van der Waals surface area contributed by atoms with E-state index in [1.54, 1.807) is 0 Å². The highest BCUT2D eigenvalue weighted by molar-refractivity contribution is 8.14. The van der Waals surface area contributed by atoms with Crippen molar-refractivity contribution in [3.05, 3.63) is 106 Å². The summed E-state index contributed by atoms with van der Waals surface area (Å²) in [5, 5.41) is 4.90. The Kier molecular flexibility index (Phi) is 6.10. The summed E-state index contributed by atoms with van der Waals surface area (Å²) in [4.78, 5) is 5.09. The quantitative estimate of drug-likeness (QED) is 0.474. The first-order valence-electron chi connectivity index (χ1n) is 10.4. The molecule has 0 amide bonds. The van der Waals surface area contributed by atoms with Crippen molar-refractivity contribution in [2.45, 2.75) is 33.7 Å². The van der Waals surface area contributed by atoms with E-state index in [9.17, 15) is 0 Å². The Morgan fingerprint density at radius 1 is 0.900 bits per heavy atom. The number of anilines is 1. The normalized spacial score (nSPS) is 16.8. The van der Waals surface area contributed by atoms with E-state index in [1.807, 2.05) is 11.8 Å². The van der Waals surface area contributed by atoms with Crippen molar-refractivity contribution < 1.29 is 0 Å². The first kappa shape index (κ1) is 20.5. The Hall–Kier alpha value is -2.78. The first-order valence-corrected chi connectivity index (χ1v) is 11.4. The van der Waals surface area contributed by atoms with E-state index in [0.29, 0.717) is 0 Å². The summed E-state index contributed by atoms with van der Waals surface area (Å²) in [7, 11) is 0. The number of thioether (sulfide) groups is 1. The molecule has 152 valence electrons. The van der Waals surface area contributed by atoms with Crippen LogP contribution >= 0.6 is 11.8 Å². The highest BCUT2D eigenvalue weighted by atomic mass is 32.2. The first-order chi connectivity index (χ1) is 14.5. The van der Waals surface area contributed by atoms with Gasteiger partial charge in [-0.15, -0.1) is 11.8 Å². The summed E-state index contributed by atoms with van der Waals surface area (Å²) in [5.74, 6) is 0.987. The third kappa shape index (κ3) is 4.36. The SMILES string of the molecule is CC(C1=NC(c2ccccc2)CS1)=C(Nc1c(C)cc(C)cc1C)c1ccccc1. The summed E-state index contributed by atoms with van der Waals surface area (Å²) in [6, 6.07) is 25.9. The maximum absolute atomic E-state index is 5.09. The molecule has 0 aliphatic carbocycles. The molecule has 30 heavy (non-hydrogen) atoms. The predicted molar refractivity (Wildman–Crippen MR) is 132 cm³/mol. The van der Waals surface area contributed by atoms with Crippen LogP contribution in [-0.2, 0) is 0 Å². The molecule has 0 spiro atoms. The lowest BCUT2D eigenvalue weighted by atomic mass is 10.0. The molecule has 4 rings (SSSR count). The molecule has 1 unspecified atom stereocenters. The Morgan fingerprint density at radius 2 is 1.50 bits per heavy atom. The fraction of sp³-hybridized carbons (Fsp3) is 0.222. The van der Waals surface area contributed by atoms with Crippen molar-refractivity contribution in [1.29, 1.82) is 0 Å². The number of benzene rings is 3. The van der Waals surface area contributed by atoms with Crippen LogP contribution in [-0.4, -0.2) is 10.8 Å². The molecule has 0 bridgehead atoms. The predicted octanol–water partition coefficient (Wildman–Crippen LogP) is 7.34. The Labute approximate surface area is 184 Å². The largest absolute Gasteiger partial charge is 0.354 e. The highest BCUT2D eigenvalue weighted by Crippen LogP contribution is 2.36. The highest BCUT2D eigenvalue weighted by Gasteiger charge is 2.23. The molecule has 2 nitrogen and oxygen atoms in total. The second-order valence-corrected chi connectivity index (χ2v) is 8.95. The lowest BCUT2D eigenvalue weighted by Crippen LogP contribution is -2.08. The zero-order valence-electron chi connectivity index (χ0n) is 18.1. The summed E-state index contributed by atoms with van der Waals surface area (Å²) in [6.07, 6.45) is 0. The maximum atomic E-state index is 5.09. The van der Waals surface area contributed by atoms with Gasteiger partial charge >= 0.3 is 0 Å². The summed E-state index contributed by atoms with van der Waals surface area (Å²) in [6.45, 7) is 8.69. The van der Waals surface area contributed by atoms with Gasteiger partial charge in [0.05, 0.1) is 16.8 Å². The second-order valence-electron chi connectivity index (χ2n) is 7.94. The number of aryl methyl sites for hydroxylation is 3. The van der Waals surface area contributed by atoms with Crippen LogP contribution in [0.25, 0.3) is 5.70 Å². The molecule has 1 aliphatic heterocycles. The number of hydrogen-bond donors (Lipinski definition) is 1. The van der Waals surface area contributed by atoms with Gasteiger partial charge in [-0.2, -0.15) is 0 Å². The van der Waals surface area contributed by atoms with Crippen LogP contribution in [0, 0.1) is 20.8 Å². The zero-order valence-corrected chi connectivity index (χ0v) is 18.9. The summed E-state index contributed by atoms with van der Waals surface area (Å²) >= 11 is 1.85. The van der Waals surface area contributed by atoms with E-state index in [0.717, 1.165) is 16.5 Å². The van der Waals surface area contributed by atoms with Crippen LogP contribution in [0.15, 0.2) is 83.4 Å². The maximum Gasteiger partial charge on any atom is 0.0963 e. The molecule has 1 aliphatic rings. The molecule has 3 aromatic rings. The monoisotopic (exact) mass is 412 g/mol. The van der Waals surface area contributed by atoms with Gasteiger partial charge in [0.1, 0.15) is 0 Å². The molecule has 0 radical (unpaired) electrons. The molecule has 0 saturated heterocycles. The van der Waals surface area contributed by atoms with Crippen LogP contribution < -0.4 is 5.32 Å². The van der Waals surface area contributed by atoms with Crippen molar-refractivity contribution in [3.63, 3.8) is 0 Å². The average Bonchev–Trinajstić information content (AvgIpc) is 3.24. The van der Waals surface area contributed by atoms with E-state index in [1.165, 1.54) is 39.1 Å². The van der Waals surface area contributed by atoms with Gasteiger partial charge in [0.15, 0.2) is 0 Å². The Morgan fingerprint density at radius 3 is 2.13 bits per heavy atom.